The van der Waals surface area contributed by atoms with Crippen LogP contribution in [0.25, 0.3) is 10.1 Å². The number of thiophene rings is 1. The molecule has 0 atom stereocenters. The van der Waals surface area contributed by atoms with Gasteiger partial charge >= 0.3 is 0 Å². The number of halogens is 1. The highest BCUT2D eigenvalue weighted by atomic mass is 32.2. The molecule has 1 saturated carbocycles. The summed E-state index contributed by atoms with van der Waals surface area (Å²) in [4.78, 5) is 13.0. The minimum absolute atomic E-state index is 0.0237. The van der Waals surface area contributed by atoms with Crippen molar-refractivity contribution in [2.45, 2.75) is 25.8 Å². The molecule has 1 aromatic carbocycles. The largest absolute Gasteiger partial charge is 0.349 e. The van der Waals surface area contributed by atoms with E-state index in [0.717, 1.165) is 15.6 Å². The Balaban J connectivity index is 1.67. The lowest BCUT2D eigenvalue weighted by molar-refractivity contribution is 0.0901. The molecular weight excluding hydrogens is 337 g/mol. The van der Waals surface area contributed by atoms with Gasteiger partial charge in [0.1, 0.15) is 15.7 Å². The van der Waals surface area contributed by atoms with Crippen LogP contribution in [0.2, 0.25) is 0 Å². The van der Waals surface area contributed by atoms with Crippen LogP contribution in [0.3, 0.4) is 0 Å². The van der Waals surface area contributed by atoms with E-state index < -0.39 is 9.84 Å². The fourth-order valence-corrected chi connectivity index (χ4v) is 5.30. The molecule has 7 heteroatoms. The van der Waals surface area contributed by atoms with E-state index in [2.05, 4.69) is 5.32 Å². The van der Waals surface area contributed by atoms with Gasteiger partial charge in [-0.15, -0.1) is 11.3 Å². The van der Waals surface area contributed by atoms with Crippen LogP contribution in [0.5, 0.6) is 0 Å². The summed E-state index contributed by atoms with van der Waals surface area (Å²) in [6.07, 6.45) is 2.62. The minimum Gasteiger partial charge on any atom is -0.349 e. The second kappa shape index (κ2) is 5.87. The van der Waals surface area contributed by atoms with Crippen molar-refractivity contribution in [1.29, 1.82) is 0 Å². The summed E-state index contributed by atoms with van der Waals surface area (Å²) in [6.45, 7) is 1.82. The van der Waals surface area contributed by atoms with Gasteiger partial charge in [0.2, 0.25) is 0 Å². The number of amides is 1. The SMILES string of the molecule is Cc1c(C(=O)NC2CC(CS(C)(=O)=O)C2)sc2ccc(F)cc12. The van der Waals surface area contributed by atoms with E-state index >= 15 is 0 Å². The number of carbonyl (C=O) groups is 1. The molecule has 1 N–H and O–H groups in total. The zero-order valence-electron chi connectivity index (χ0n) is 12.9. The fourth-order valence-electron chi connectivity index (χ4n) is 3.08. The van der Waals surface area contributed by atoms with Crippen molar-refractivity contribution in [2.24, 2.45) is 5.92 Å². The monoisotopic (exact) mass is 355 g/mol. The van der Waals surface area contributed by atoms with Gasteiger partial charge in [-0.2, -0.15) is 0 Å². The van der Waals surface area contributed by atoms with Gasteiger partial charge in [-0.3, -0.25) is 4.79 Å². The molecule has 1 aromatic heterocycles. The molecule has 1 aliphatic rings. The number of rotatable bonds is 4. The number of nitrogens with one attached hydrogen (secondary N) is 1. The average molecular weight is 355 g/mol. The van der Waals surface area contributed by atoms with Gasteiger partial charge < -0.3 is 5.32 Å². The molecule has 124 valence electrons. The first kappa shape index (κ1) is 16.4. The zero-order valence-corrected chi connectivity index (χ0v) is 14.6. The molecule has 0 saturated heterocycles. The van der Waals surface area contributed by atoms with Crippen LogP contribution in [0, 0.1) is 18.7 Å². The van der Waals surface area contributed by atoms with Crippen molar-refractivity contribution >= 4 is 37.2 Å². The normalized spacial score (nSPS) is 21.2. The molecule has 1 fully saturated rings. The van der Waals surface area contributed by atoms with E-state index in [1.165, 1.54) is 29.7 Å². The summed E-state index contributed by atoms with van der Waals surface area (Å²) < 4.78 is 36.7. The summed E-state index contributed by atoms with van der Waals surface area (Å²) in [5.41, 5.74) is 0.786. The van der Waals surface area contributed by atoms with Crippen LogP contribution in [0.4, 0.5) is 4.39 Å². The average Bonchev–Trinajstić information content (AvgIpc) is 2.72. The molecule has 0 bridgehead atoms. The van der Waals surface area contributed by atoms with Gasteiger partial charge in [-0.1, -0.05) is 0 Å². The summed E-state index contributed by atoms with van der Waals surface area (Å²) in [5, 5.41) is 3.72. The van der Waals surface area contributed by atoms with Gasteiger partial charge in [-0.25, -0.2) is 12.8 Å². The Hall–Kier alpha value is -1.47. The number of hydrogen-bond donors (Lipinski definition) is 1. The Morgan fingerprint density at radius 3 is 2.74 bits per heavy atom. The van der Waals surface area contributed by atoms with Crippen molar-refractivity contribution in [3.05, 3.63) is 34.5 Å². The molecule has 0 spiro atoms. The zero-order chi connectivity index (χ0) is 16.8. The Morgan fingerprint density at radius 1 is 1.39 bits per heavy atom. The van der Waals surface area contributed by atoms with Crippen molar-refractivity contribution in [3.8, 4) is 0 Å². The Bertz CT molecular complexity index is 867. The maximum absolute atomic E-state index is 13.3. The summed E-state index contributed by atoms with van der Waals surface area (Å²) >= 11 is 1.35. The topological polar surface area (TPSA) is 63.2 Å². The van der Waals surface area contributed by atoms with E-state index in [1.54, 1.807) is 6.07 Å². The molecule has 2 aromatic rings. The van der Waals surface area contributed by atoms with Crippen LogP contribution in [-0.4, -0.2) is 32.4 Å². The first-order valence-corrected chi connectivity index (χ1v) is 10.3. The second-order valence-electron chi connectivity index (χ2n) is 6.30. The second-order valence-corrected chi connectivity index (χ2v) is 9.53. The van der Waals surface area contributed by atoms with E-state index in [1.807, 2.05) is 6.92 Å². The number of sulfone groups is 1. The number of aryl methyl sites for hydroxylation is 1. The van der Waals surface area contributed by atoms with Crippen LogP contribution >= 0.6 is 11.3 Å². The number of fused-ring (bicyclic) bond motifs is 1. The smallest absolute Gasteiger partial charge is 0.261 e. The predicted octanol–water partition coefficient (Wildman–Crippen LogP) is 2.90. The summed E-state index contributed by atoms with van der Waals surface area (Å²) in [5.74, 6) is -0.159. The molecule has 0 radical (unpaired) electrons. The standard InChI is InChI=1S/C16H18FNO3S2/c1-9-13-7-11(17)3-4-14(13)22-15(9)16(19)18-12-5-10(6-12)8-23(2,20)21/h3-4,7,10,12H,5-6,8H2,1-2H3,(H,18,19). The molecule has 0 unspecified atom stereocenters. The molecule has 1 heterocycles. The number of carbonyl (C=O) groups excluding carboxylic acids is 1. The lowest BCUT2D eigenvalue weighted by Gasteiger charge is -2.35. The number of benzene rings is 1. The van der Waals surface area contributed by atoms with Crippen molar-refractivity contribution in [2.75, 3.05) is 12.0 Å². The summed E-state index contributed by atoms with van der Waals surface area (Å²) in [6, 6.07) is 4.55. The molecule has 1 amide bonds. The van der Waals surface area contributed by atoms with Crippen molar-refractivity contribution in [3.63, 3.8) is 0 Å². The van der Waals surface area contributed by atoms with Gasteiger partial charge in [0.25, 0.3) is 5.91 Å². The highest BCUT2D eigenvalue weighted by molar-refractivity contribution is 7.90. The van der Waals surface area contributed by atoms with E-state index in [4.69, 9.17) is 0 Å². The van der Waals surface area contributed by atoms with Gasteiger partial charge in [0.15, 0.2) is 0 Å². The Morgan fingerprint density at radius 2 is 2.09 bits per heavy atom. The third-order valence-corrected chi connectivity index (χ3v) is 6.56. The third kappa shape index (κ3) is 3.55. The van der Waals surface area contributed by atoms with E-state index in [-0.39, 0.29) is 29.4 Å². The number of hydrogen-bond acceptors (Lipinski definition) is 4. The quantitative estimate of drug-likeness (QED) is 0.917. The maximum atomic E-state index is 13.3. The first-order valence-electron chi connectivity index (χ1n) is 7.40. The van der Waals surface area contributed by atoms with Gasteiger partial charge in [-0.05, 0) is 54.8 Å². The first-order chi connectivity index (χ1) is 10.7. The maximum Gasteiger partial charge on any atom is 0.261 e. The molecule has 23 heavy (non-hydrogen) atoms. The molecule has 1 aliphatic carbocycles. The fraction of sp³-hybridized carbons (Fsp3) is 0.438. The highest BCUT2D eigenvalue weighted by Crippen LogP contribution is 2.33. The van der Waals surface area contributed by atoms with Crippen LogP contribution in [0.1, 0.15) is 28.1 Å². The highest BCUT2D eigenvalue weighted by Gasteiger charge is 2.33. The van der Waals surface area contributed by atoms with Crippen LogP contribution in [0.15, 0.2) is 18.2 Å². The van der Waals surface area contributed by atoms with Crippen LogP contribution < -0.4 is 5.32 Å². The molecule has 4 nitrogen and oxygen atoms in total. The molecular formula is C16H18FNO3S2. The third-order valence-electron chi connectivity index (χ3n) is 4.21. The van der Waals surface area contributed by atoms with Gasteiger partial charge in [0.05, 0.1) is 10.6 Å². The summed E-state index contributed by atoms with van der Waals surface area (Å²) in [7, 11) is -2.96. The van der Waals surface area contributed by atoms with Crippen molar-refractivity contribution < 1.29 is 17.6 Å². The minimum atomic E-state index is -2.96. The van der Waals surface area contributed by atoms with E-state index in [9.17, 15) is 17.6 Å². The molecule has 3 rings (SSSR count). The predicted molar refractivity (Wildman–Crippen MR) is 90.2 cm³/mol. The lowest BCUT2D eigenvalue weighted by Crippen LogP contribution is -2.46. The lowest BCUT2D eigenvalue weighted by atomic mass is 9.81. The molecule has 0 aliphatic heterocycles. The van der Waals surface area contributed by atoms with Gasteiger partial charge in [0, 0.05) is 17.0 Å². The van der Waals surface area contributed by atoms with E-state index in [0.29, 0.717) is 17.7 Å². The Kier molecular flexibility index (Phi) is 4.18. The Labute approximate surface area is 138 Å². The van der Waals surface area contributed by atoms with Crippen molar-refractivity contribution in [1.82, 2.24) is 5.32 Å². The van der Waals surface area contributed by atoms with Crippen LogP contribution in [-0.2, 0) is 9.84 Å².